The minimum absolute atomic E-state index is 0.765. The Hall–Kier alpha value is -2.30. The molecule has 0 fully saturated rings. The van der Waals surface area contributed by atoms with Gasteiger partial charge in [-0.25, -0.2) is 4.98 Å². The van der Waals surface area contributed by atoms with Crippen LogP contribution in [-0.4, -0.2) is 19.3 Å². The molecule has 2 heterocycles. The molecule has 0 spiro atoms. The summed E-state index contributed by atoms with van der Waals surface area (Å²) in [6.45, 7) is 4.00. The Morgan fingerprint density at radius 1 is 1.25 bits per heavy atom. The normalized spacial score (nSPS) is 11.2. The van der Waals surface area contributed by atoms with Crippen molar-refractivity contribution in [3.8, 4) is 0 Å². The van der Waals surface area contributed by atoms with Gasteiger partial charge in [0.25, 0.3) is 0 Å². The second kappa shape index (κ2) is 5.36. The van der Waals surface area contributed by atoms with Gasteiger partial charge < -0.3 is 10.3 Å². The van der Waals surface area contributed by atoms with Crippen LogP contribution in [0.25, 0.3) is 11.0 Å². The van der Waals surface area contributed by atoms with Gasteiger partial charge in [-0.2, -0.15) is 5.10 Å². The first-order valence-electron chi connectivity index (χ1n) is 7.00. The maximum Gasteiger partial charge on any atom is 0.109 e. The minimum Gasteiger partial charge on any atom is -0.399 e. The maximum atomic E-state index is 5.83. The number of hydrogen-bond acceptors (Lipinski definition) is 3. The highest BCUT2D eigenvalue weighted by atomic mass is 15.3. The quantitative estimate of drug-likeness (QED) is 0.724. The van der Waals surface area contributed by atoms with E-state index in [1.54, 1.807) is 0 Å². The van der Waals surface area contributed by atoms with E-state index in [1.165, 1.54) is 0 Å². The lowest BCUT2D eigenvalue weighted by Crippen LogP contribution is -2.07. The van der Waals surface area contributed by atoms with Crippen molar-refractivity contribution in [2.75, 3.05) is 5.73 Å². The van der Waals surface area contributed by atoms with E-state index in [-0.39, 0.29) is 0 Å². The van der Waals surface area contributed by atoms with Gasteiger partial charge in [-0.3, -0.25) is 4.68 Å². The van der Waals surface area contributed by atoms with Gasteiger partial charge in [-0.05, 0) is 30.7 Å². The van der Waals surface area contributed by atoms with Gasteiger partial charge in [-0.15, -0.1) is 0 Å². The molecule has 0 bridgehead atoms. The van der Waals surface area contributed by atoms with Crippen LogP contribution in [-0.2, 0) is 19.5 Å². The lowest BCUT2D eigenvalue weighted by atomic mass is 10.3. The molecule has 0 atom stereocenters. The van der Waals surface area contributed by atoms with Crippen LogP contribution < -0.4 is 5.73 Å². The summed E-state index contributed by atoms with van der Waals surface area (Å²) in [5, 5.41) is 4.23. The van der Waals surface area contributed by atoms with Crippen molar-refractivity contribution in [1.82, 2.24) is 19.3 Å². The highest BCUT2D eigenvalue weighted by Gasteiger charge is 2.09. The molecular weight excluding hydrogens is 250 g/mol. The Balaban J connectivity index is 1.82. The van der Waals surface area contributed by atoms with Crippen LogP contribution in [0.3, 0.4) is 0 Å². The van der Waals surface area contributed by atoms with Crippen LogP contribution >= 0.6 is 0 Å². The fraction of sp³-hybridized carbons (Fsp3) is 0.333. The maximum absolute atomic E-state index is 5.83. The van der Waals surface area contributed by atoms with Crippen LogP contribution in [0.1, 0.15) is 19.2 Å². The predicted octanol–water partition coefficient (Wildman–Crippen LogP) is 2.47. The fourth-order valence-electron chi connectivity index (χ4n) is 2.54. The molecule has 20 heavy (non-hydrogen) atoms. The molecule has 0 radical (unpaired) electrons. The lowest BCUT2D eigenvalue weighted by Gasteiger charge is -2.08. The number of aromatic nitrogens is 4. The highest BCUT2D eigenvalue weighted by molar-refractivity contribution is 5.79. The van der Waals surface area contributed by atoms with Gasteiger partial charge in [0.05, 0.1) is 11.0 Å². The van der Waals surface area contributed by atoms with E-state index in [0.717, 1.165) is 48.5 Å². The Labute approximate surface area is 118 Å². The molecule has 104 valence electrons. The second-order valence-corrected chi connectivity index (χ2v) is 4.90. The van der Waals surface area contributed by atoms with E-state index >= 15 is 0 Å². The number of fused-ring (bicyclic) bond motifs is 1. The van der Waals surface area contributed by atoms with E-state index in [9.17, 15) is 0 Å². The van der Waals surface area contributed by atoms with Gasteiger partial charge >= 0.3 is 0 Å². The Kier molecular flexibility index (Phi) is 3.41. The smallest absolute Gasteiger partial charge is 0.109 e. The van der Waals surface area contributed by atoms with E-state index < -0.39 is 0 Å². The van der Waals surface area contributed by atoms with Gasteiger partial charge in [0.15, 0.2) is 0 Å². The third-order valence-corrected chi connectivity index (χ3v) is 3.50. The number of anilines is 1. The first kappa shape index (κ1) is 12.7. The van der Waals surface area contributed by atoms with Crippen molar-refractivity contribution in [2.45, 2.75) is 32.9 Å². The van der Waals surface area contributed by atoms with Crippen molar-refractivity contribution in [1.29, 1.82) is 0 Å². The van der Waals surface area contributed by atoms with Crippen LogP contribution in [0.2, 0.25) is 0 Å². The molecule has 0 amide bonds. The van der Waals surface area contributed by atoms with Crippen LogP contribution in [0.4, 0.5) is 5.69 Å². The number of imidazole rings is 1. The van der Waals surface area contributed by atoms with E-state index in [0.29, 0.717) is 0 Å². The summed E-state index contributed by atoms with van der Waals surface area (Å²) >= 11 is 0. The number of nitrogens with two attached hydrogens (primary N) is 1. The predicted molar refractivity (Wildman–Crippen MR) is 80.4 cm³/mol. The standard InChI is InChI=1S/C15H19N5/c1-2-15-18-13-11-12(16)5-6-14(13)20(15)10-4-9-19-8-3-7-17-19/h3,5-8,11H,2,4,9-10,16H2,1H3. The summed E-state index contributed by atoms with van der Waals surface area (Å²) < 4.78 is 4.25. The summed E-state index contributed by atoms with van der Waals surface area (Å²) in [6.07, 6.45) is 5.77. The Morgan fingerprint density at radius 2 is 2.15 bits per heavy atom. The van der Waals surface area contributed by atoms with Crippen molar-refractivity contribution >= 4 is 16.7 Å². The summed E-state index contributed by atoms with van der Waals surface area (Å²) in [5.74, 6) is 1.12. The van der Waals surface area contributed by atoms with Gasteiger partial charge in [-0.1, -0.05) is 6.92 Å². The number of hydrogen-bond donors (Lipinski definition) is 1. The van der Waals surface area contributed by atoms with Crippen molar-refractivity contribution in [3.63, 3.8) is 0 Å². The van der Waals surface area contributed by atoms with Crippen LogP contribution in [0.5, 0.6) is 0 Å². The molecule has 3 aromatic rings. The van der Waals surface area contributed by atoms with Crippen LogP contribution in [0.15, 0.2) is 36.7 Å². The Morgan fingerprint density at radius 3 is 2.90 bits per heavy atom. The topological polar surface area (TPSA) is 61.7 Å². The zero-order chi connectivity index (χ0) is 13.9. The van der Waals surface area contributed by atoms with E-state index in [2.05, 4.69) is 27.6 Å². The first-order valence-corrected chi connectivity index (χ1v) is 7.00. The molecule has 0 saturated carbocycles. The summed E-state index contributed by atoms with van der Waals surface area (Å²) in [6, 6.07) is 7.89. The van der Waals surface area contributed by atoms with Crippen molar-refractivity contribution in [3.05, 3.63) is 42.5 Å². The summed E-state index contributed by atoms with van der Waals surface area (Å²) in [4.78, 5) is 4.67. The molecule has 0 unspecified atom stereocenters. The largest absolute Gasteiger partial charge is 0.399 e. The van der Waals surface area contributed by atoms with E-state index in [1.807, 2.05) is 35.3 Å². The van der Waals surface area contributed by atoms with Gasteiger partial charge in [0, 0.05) is 37.6 Å². The molecule has 0 aliphatic heterocycles. The van der Waals surface area contributed by atoms with Crippen molar-refractivity contribution < 1.29 is 0 Å². The third kappa shape index (κ3) is 2.39. The number of rotatable bonds is 5. The number of benzene rings is 1. The Bertz CT molecular complexity index is 696. The first-order chi connectivity index (χ1) is 9.78. The SMILES string of the molecule is CCc1nc2cc(N)ccc2n1CCCn1cccn1. The lowest BCUT2D eigenvalue weighted by molar-refractivity contribution is 0.524. The molecule has 0 saturated heterocycles. The van der Waals surface area contributed by atoms with E-state index in [4.69, 9.17) is 5.73 Å². The van der Waals surface area contributed by atoms with Gasteiger partial charge in [0.2, 0.25) is 0 Å². The zero-order valence-electron chi connectivity index (χ0n) is 11.7. The minimum atomic E-state index is 0.765. The average Bonchev–Trinajstić information content (AvgIpc) is 3.06. The molecule has 0 aliphatic carbocycles. The zero-order valence-corrected chi connectivity index (χ0v) is 11.7. The molecule has 5 nitrogen and oxygen atoms in total. The monoisotopic (exact) mass is 269 g/mol. The molecule has 0 aliphatic rings. The molecular formula is C15H19N5. The molecule has 5 heteroatoms. The number of nitrogen functional groups attached to an aromatic ring is 1. The molecule has 1 aromatic carbocycles. The van der Waals surface area contributed by atoms with Crippen molar-refractivity contribution in [2.24, 2.45) is 0 Å². The second-order valence-electron chi connectivity index (χ2n) is 4.90. The summed E-state index contributed by atoms with van der Waals surface area (Å²) in [7, 11) is 0. The average molecular weight is 269 g/mol. The molecule has 2 N–H and O–H groups in total. The molecule has 2 aromatic heterocycles. The fourth-order valence-corrected chi connectivity index (χ4v) is 2.54. The highest BCUT2D eigenvalue weighted by Crippen LogP contribution is 2.20. The number of aryl methyl sites for hydroxylation is 3. The molecule has 3 rings (SSSR count). The third-order valence-electron chi connectivity index (χ3n) is 3.50. The van der Waals surface area contributed by atoms with Crippen LogP contribution in [0, 0.1) is 0 Å². The van der Waals surface area contributed by atoms with Gasteiger partial charge in [0.1, 0.15) is 5.82 Å². The summed E-state index contributed by atoms with van der Waals surface area (Å²) in [5.41, 5.74) is 8.74. The number of nitrogens with zero attached hydrogens (tertiary/aromatic N) is 4.